The van der Waals surface area contributed by atoms with Crippen molar-refractivity contribution in [3.05, 3.63) is 47.8 Å². The van der Waals surface area contributed by atoms with E-state index in [2.05, 4.69) is 10.8 Å². The van der Waals surface area contributed by atoms with Crippen molar-refractivity contribution in [2.45, 2.75) is 96.9 Å². The Morgan fingerprint density at radius 3 is 2.45 bits per heavy atom. The van der Waals surface area contributed by atoms with Crippen LogP contribution in [-0.4, -0.2) is 59.0 Å². The van der Waals surface area contributed by atoms with Gasteiger partial charge in [-0.15, -0.1) is 0 Å². The summed E-state index contributed by atoms with van der Waals surface area (Å²) in [5.74, 6) is -0.411. The van der Waals surface area contributed by atoms with Crippen LogP contribution in [0.3, 0.4) is 0 Å². The first kappa shape index (κ1) is 29.5. The number of likely N-dealkylation sites (N-methyl/N-ethyl adjacent to an activating group) is 1. The highest BCUT2D eigenvalue weighted by molar-refractivity contribution is 5.92. The molecule has 1 aromatic carbocycles. The molecule has 1 saturated heterocycles. The van der Waals surface area contributed by atoms with Gasteiger partial charge in [-0.25, -0.2) is 4.79 Å². The van der Waals surface area contributed by atoms with Crippen LogP contribution < -0.4 is 10.8 Å². The van der Waals surface area contributed by atoms with E-state index in [4.69, 9.17) is 9.57 Å². The summed E-state index contributed by atoms with van der Waals surface area (Å²) in [4.78, 5) is 48.3. The average Bonchev–Trinajstić information content (AvgIpc) is 3.37. The molecule has 0 aromatic heterocycles. The van der Waals surface area contributed by atoms with Gasteiger partial charge in [-0.2, -0.15) is 0 Å². The summed E-state index contributed by atoms with van der Waals surface area (Å²) in [6.45, 7) is 7.99. The highest BCUT2D eigenvalue weighted by atomic mass is 16.6. The van der Waals surface area contributed by atoms with Crippen LogP contribution in [0.2, 0.25) is 0 Å². The van der Waals surface area contributed by atoms with Gasteiger partial charge in [0.2, 0.25) is 11.8 Å². The minimum atomic E-state index is -0.787. The molecule has 9 nitrogen and oxygen atoms in total. The Balaban J connectivity index is 1.67. The van der Waals surface area contributed by atoms with Gasteiger partial charge in [0.15, 0.2) is 0 Å². The maximum atomic E-state index is 13.9. The zero-order chi connectivity index (χ0) is 27.7. The Morgan fingerprint density at radius 2 is 1.79 bits per heavy atom. The van der Waals surface area contributed by atoms with Gasteiger partial charge in [-0.3, -0.25) is 24.8 Å². The van der Waals surface area contributed by atoms with E-state index in [9.17, 15) is 14.4 Å². The van der Waals surface area contributed by atoms with E-state index in [1.54, 1.807) is 38.8 Å². The molecule has 1 saturated carbocycles. The van der Waals surface area contributed by atoms with Crippen LogP contribution in [0.4, 0.5) is 4.79 Å². The SMILES string of the molecule is CC(C(=O)N[C@H](C(=O)N1CCCC1=CNOCc1ccccc1)C1CCCCC1)N(C)C(=O)OC(C)(C)C. The van der Waals surface area contributed by atoms with E-state index in [-0.39, 0.29) is 17.7 Å². The number of hydrogen-bond donors (Lipinski definition) is 2. The fourth-order valence-corrected chi connectivity index (χ4v) is 4.87. The first-order valence-electron chi connectivity index (χ1n) is 13.7. The molecule has 1 heterocycles. The van der Waals surface area contributed by atoms with Crippen molar-refractivity contribution in [2.75, 3.05) is 13.6 Å². The first-order chi connectivity index (χ1) is 18.1. The number of hydroxylamine groups is 1. The summed E-state index contributed by atoms with van der Waals surface area (Å²) in [6.07, 6.45) is 7.75. The third-order valence-electron chi connectivity index (χ3n) is 7.14. The molecule has 9 heteroatoms. The fraction of sp³-hybridized carbons (Fsp3) is 0.621. The van der Waals surface area contributed by atoms with Crippen molar-refractivity contribution >= 4 is 17.9 Å². The third-order valence-corrected chi connectivity index (χ3v) is 7.14. The predicted molar refractivity (Wildman–Crippen MR) is 145 cm³/mol. The van der Waals surface area contributed by atoms with Crippen LogP contribution in [-0.2, 0) is 25.8 Å². The van der Waals surface area contributed by atoms with E-state index in [1.165, 1.54) is 11.9 Å². The van der Waals surface area contributed by atoms with Crippen LogP contribution >= 0.6 is 0 Å². The Labute approximate surface area is 226 Å². The number of carbonyl (C=O) groups is 3. The molecular weight excluding hydrogens is 484 g/mol. The van der Waals surface area contributed by atoms with Crippen molar-refractivity contribution in [2.24, 2.45) is 5.92 Å². The summed E-state index contributed by atoms with van der Waals surface area (Å²) in [6, 6.07) is 8.41. The molecule has 0 spiro atoms. The van der Waals surface area contributed by atoms with Crippen molar-refractivity contribution in [1.29, 1.82) is 0 Å². The average molecular weight is 529 g/mol. The Morgan fingerprint density at radius 1 is 1.11 bits per heavy atom. The number of nitrogens with zero attached hydrogens (tertiary/aromatic N) is 2. The lowest BCUT2D eigenvalue weighted by Crippen LogP contribution is -2.56. The summed E-state index contributed by atoms with van der Waals surface area (Å²) < 4.78 is 5.42. The monoisotopic (exact) mass is 528 g/mol. The molecule has 1 aromatic rings. The summed E-state index contributed by atoms with van der Waals surface area (Å²) in [5.41, 5.74) is 4.10. The van der Waals surface area contributed by atoms with Crippen molar-refractivity contribution in [1.82, 2.24) is 20.6 Å². The van der Waals surface area contributed by atoms with Crippen LogP contribution in [0.25, 0.3) is 0 Å². The molecule has 2 atom stereocenters. The van der Waals surface area contributed by atoms with Gasteiger partial charge in [0.05, 0.1) is 6.61 Å². The Kier molecular flexibility index (Phi) is 10.6. The lowest BCUT2D eigenvalue weighted by atomic mass is 9.83. The number of likely N-dealkylation sites (tertiary alicyclic amines) is 1. The maximum Gasteiger partial charge on any atom is 0.410 e. The molecule has 210 valence electrons. The molecule has 3 amide bonds. The lowest BCUT2D eigenvalue weighted by molar-refractivity contribution is -0.137. The Hall–Kier alpha value is -3.07. The van der Waals surface area contributed by atoms with Crippen LogP contribution in [0.15, 0.2) is 42.2 Å². The van der Waals surface area contributed by atoms with E-state index >= 15 is 0 Å². The zero-order valence-electron chi connectivity index (χ0n) is 23.5. The standard InChI is InChI=1S/C29H44N4O5/c1-21(32(5)28(36)38-29(2,3)4)26(34)31-25(23-15-10-7-11-16-23)27(35)33-18-12-17-24(33)19-30-37-20-22-13-8-6-9-14-22/h6,8-9,13-14,19,21,23,25,30H,7,10-12,15-18,20H2,1-5H3,(H,31,34)/t21?,25-/m0/s1. The number of rotatable bonds is 9. The maximum absolute atomic E-state index is 13.9. The summed E-state index contributed by atoms with van der Waals surface area (Å²) in [5, 5.41) is 3.01. The molecule has 1 unspecified atom stereocenters. The zero-order valence-corrected chi connectivity index (χ0v) is 23.5. The van der Waals surface area contributed by atoms with Crippen LogP contribution in [0.5, 0.6) is 0 Å². The topological polar surface area (TPSA) is 100 Å². The predicted octanol–water partition coefficient (Wildman–Crippen LogP) is 4.49. The van der Waals surface area contributed by atoms with Crippen LogP contribution in [0.1, 0.15) is 78.2 Å². The van der Waals surface area contributed by atoms with Gasteiger partial charge < -0.3 is 15.0 Å². The second-order valence-corrected chi connectivity index (χ2v) is 11.3. The van der Waals surface area contributed by atoms with Crippen molar-refractivity contribution in [3.8, 4) is 0 Å². The molecule has 2 aliphatic rings. The Bertz CT molecular complexity index is 969. The molecule has 1 aliphatic carbocycles. The lowest BCUT2D eigenvalue weighted by Gasteiger charge is -2.35. The number of amides is 3. The van der Waals surface area contributed by atoms with Gasteiger partial charge in [-0.05, 0) is 64.9 Å². The number of nitrogens with one attached hydrogen (secondary N) is 2. The second-order valence-electron chi connectivity index (χ2n) is 11.3. The summed E-state index contributed by atoms with van der Waals surface area (Å²) >= 11 is 0. The van der Waals surface area contributed by atoms with Crippen molar-refractivity contribution in [3.63, 3.8) is 0 Å². The summed E-state index contributed by atoms with van der Waals surface area (Å²) in [7, 11) is 1.54. The van der Waals surface area contributed by atoms with E-state index in [0.717, 1.165) is 56.2 Å². The second kappa shape index (κ2) is 13.6. The fourth-order valence-electron chi connectivity index (χ4n) is 4.87. The quantitative estimate of drug-likeness (QED) is 0.362. The number of ether oxygens (including phenoxy) is 1. The number of hydrogen-bond acceptors (Lipinski definition) is 6. The molecule has 2 N–H and O–H groups in total. The molecule has 1 aliphatic heterocycles. The third kappa shape index (κ3) is 8.48. The highest BCUT2D eigenvalue weighted by Gasteiger charge is 2.38. The molecule has 0 radical (unpaired) electrons. The molecule has 38 heavy (non-hydrogen) atoms. The smallest absolute Gasteiger partial charge is 0.410 e. The molecule has 2 fully saturated rings. The number of carbonyl (C=O) groups excluding carboxylic acids is 3. The minimum Gasteiger partial charge on any atom is -0.444 e. The van der Waals surface area contributed by atoms with Gasteiger partial charge in [-0.1, -0.05) is 49.6 Å². The molecular formula is C29H44N4O5. The molecule has 0 bridgehead atoms. The van der Waals surface area contributed by atoms with Gasteiger partial charge in [0, 0.05) is 25.5 Å². The highest BCUT2D eigenvalue weighted by Crippen LogP contribution is 2.30. The van der Waals surface area contributed by atoms with Gasteiger partial charge >= 0.3 is 6.09 Å². The normalized spacial score (nSPS) is 19.1. The van der Waals surface area contributed by atoms with Gasteiger partial charge in [0.1, 0.15) is 17.7 Å². The minimum absolute atomic E-state index is 0.0587. The van der Waals surface area contributed by atoms with E-state index in [0.29, 0.717) is 13.2 Å². The first-order valence-corrected chi connectivity index (χ1v) is 13.7. The van der Waals surface area contributed by atoms with Gasteiger partial charge in [0.25, 0.3) is 0 Å². The van der Waals surface area contributed by atoms with E-state index < -0.39 is 23.8 Å². The largest absolute Gasteiger partial charge is 0.444 e. The van der Waals surface area contributed by atoms with E-state index in [1.807, 2.05) is 30.3 Å². The number of benzene rings is 1. The van der Waals surface area contributed by atoms with Crippen molar-refractivity contribution < 1.29 is 24.0 Å². The number of allylic oxidation sites excluding steroid dienone is 1. The van der Waals surface area contributed by atoms with Crippen LogP contribution in [0, 0.1) is 5.92 Å². The molecule has 3 rings (SSSR count).